The molecule has 0 spiro atoms. The van der Waals surface area contributed by atoms with E-state index >= 15 is 0 Å². The van der Waals surface area contributed by atoms with E-state index in [0.717, 1.165) is 22.4 Å². The van der Waals surface area contributed by atoms with Crippen LogP contribution in [-0.4, -0.2) is 43.5 Å². The smallest absolute Gasteiger partial charge is 0.246 e. The lowest BCUT2D eigenvalue weighted by Crippen LogP contribution is -2.34. The number of amides is 2. The molecular formula is C24H30N2O4. The van der Waals surface area contributed by atoms with Crippen molar-refractivity contribution in [2.45, 2.75) is 33.8 Å². The highest BCUT2D eigenvalue weighted by molar-refractivity contribution is 5.98. The first-order chi connectivity index (χ1) is 14.2. The summed E-state index contributed by atoms with van der Waals surface area (Å²) in [4.78, 5) is 26.1. The molecule has 160 valence electrons. The maximum absolute atomic E-state index is 12.4. The number of methoxy groups -OCH3 is 1. The number of ether oxygens (including phenoxy) is 2. The Balaban J connectivity index is 1.99. The van der Waals surface area contributed by atoms with Gasteiger partial charge in [-0.25, -0.2) is 0 Å². The Hall–Kier alpha value is -3.28. The molecule has 0 fully saturated rings. The molecule has 2 aromatic rings. The number of carbonyl (C=O) groups is 2. The molecule has 2 aromatic carbocycles. The van der Waals surface area contributed by atoms with Crippen LogP contribution in [0.3, 0.4) is 0 Å². The minimum Gasteiger partial charge on any atom is -0.493 e. The van der Waals surface area contributed by atoms with E-state index in [1.165, 1.54) is 11.0 Å². The van der Waals surface area contributed by atoms with Crippen molar-refractivity contribution in [2.24, 2.45) is 0 Å². The summed E-state index contributed by atoms with van der Waals surface area (Å²) in [7, 11) is 3.17. The number of carbonyl (C=O) groups excluding carboxylic acids is 2. The number of hydrogen-bond donors (Lipinski definition) is 1. The second-order valence-electron chi connectivity index (χ2n) is 7.42. The standard InChI is InChI=1S/C24H30N2O4/c1-16(2)30-20-12-10-19(14-21(20)29-6)11-13-23(28)26(5)15-22(27)25-24-17(3)8-7-9-18(24)4/h7-14,16H,15H2,1-6H3,(H,25,27). The van der Waals surface area contributed by atoms with Gasteiger partial charge in [-0.05, 0) is 62.6 Å². The second kappa shape index (κ2) is 10.5. The van der Waals surface area contributed by atoms with Crippen molar-refractivity contribution in [1.29, 1.82) is 0 Å². The van der Waals surface area contributed by atoms with Crippen molar-refractivity contribution < 1.29 is 19.1 Å². The summed E-state index contributed by atoms with van der Waals surface area (Å²) in [6.45, 7) is 7.72. The molecule has 0 aliphatic rings. The predicted molar refractivity (Wildman–Crippen MR) is 120 cm³/mol. The minimum atomic E-state index is -0.270. The number of para-hydroxylation sites is 1. The summed E-state index contributed by atoms with van der Waals surface area (Å²) in [5, 5.41) is 2.89. The quantitative estimate of drug-likeness (QED) is 0.662. The number of anilines is 1. The molecule has 6 heteroatoms. The number of aryl methyl sites for hydroxylation is 2. The van der Waals surface area contributed by atoms with Gasteiger partial charge < -0.3 is 19.7 Å². The van der Waals surface area contributed by atoms with E-state index in [1.54, 1.807) is 26.3 Å². The van der Waals surface area contributed by atoms with Crippen molar-refractivity contribution in [3.8, 4) is 11.5 Å². The zero-order chi connectivity index (χ0) is 22.3. The zero-order valence-electron chi connectivity index (χ0n) is 18.5. The molecule has 0 aliphatic carbocycles. The molecule has 30 heavy (non-hydrogen) atoms. The molecule has 1 N–H and O–H groups in total. The summed E-state index contributed by atoms with van der Waals surface area (Å²) in [6.07, 6.45) is 3.15. The monoisotopic (exact) mass is 410 g/mol. The lowest BCUT2D eigenvalue weighted by Gasteiger charge is -2.17. The summed E-state index contributed by atoms with van der Waals surface area (Å²) in [5.41, 5.74) is 3.55. The van der Waals surface area contributed by atoms with E-state index in [0.29, 0.717) is 11.5 Å². The topological polar surface area (TPSA) is 67.9 Å². The van der Waals surface area contributed by atoms with Gasteiger partial charge in [0.05, 0.1) is 19.8 Å². The van der Waals surface area contributed by atoms with Crippen LogP contribution in [0.5, 0.6) is 11.5 Å². The van der Waals surface area contributed by atoms with Gasteiger partial charge in [-0.15, -0.1) is 0 Å². The Morgan fingerprint density at radius 1 is 1.10 bits per heavy atom. The minimum absolute atomic E-state index is 0.0325. The molecule has 6 nitrogen and oxygen atoms in total. The van der Waals surface area contributed by atoms with E-state index in [4.69, 9.17) is 9.47 Å². The van der Waals surface area contributed by atoms with Crippen molar-refractivity contribution in [3.05, 3.63) is 59.2 Å². The van der Waals surface area contributed by atoms with Gasteiger partial charge in [0.15, 0.2) is 11.5 Å². The Morgan fingerprint density at radius 2 is 1.77 bits per heavy atom. The van der Waals surface area contributed by atoms with Gasteiger partial charge in [-0.2, -0.15) is 0 Å². The molecule has 0 radical (unpaired) electrons. The number of likely N-dealkylation sites (N-methyl/N-ethyl adjacent to an activating group) is 1. The number of nitrogens with zero attached hydrogens (tertiary/aromatic N) is 1. The van der Waals surface area contributed by atoms with E-state index in [2.05, 4.69) is 5.32 Å². The van der Waals surface area contributed by atoms with Crippen molar-refractivity contribution in [1.82, 2.24) is 4.90 Å². The molecule has 2 amide bonds. The molecule has 0 heterocycles. The maximum Gasteiger partial charge on any atom is 0.246 e. The van der Waals surface area contributed by atoms with Crippen LogP contribution < -0.4 is 14.8 Å². The first-order valence-corrected chi connectivity index (χ1v) is 9.85. The first kappa shape index (κ1) is 23.0. The van der Waals surface area contributed by atoms with E-state index < -0.39 is 0 Å². The molecule has 2 rings (SSSR count). The van der Waals surface area contributed by atoms with E-state index in [1.807, 2.05) is 58.0 Å². The van der Waals surface area contributed by atoms with Gasteiger partial charge in [0, 0.05) is 18.8 Å². The summed E-state index contributed by atoms with van der Waals surface area (Å²) in [5.74, 6) is 0.734. The maximum atomic E-state index is 12.4. The molecule has 0 atom stereocenters. The molecule has 0 unspecified atom stereocenters. The highest BCUT2D eigenvalue weighted by Crippen LogP contribution is 2.29. The summed E-state index contributed by atoms with van der Waals surface area (Å²) in [6, 6.07) is 11.3. The Labute approximate surface area is 178 Å². The third kappa shape index (κ3) is 6.37. The fourth-order valence-electron chi connectivity index (χ4n) is 2.92. The fourth-order valence-corrected chi connectivity index (χ4v) is 2.92. The average Bonchev–Trinajstić information content (AvgIpc) is 2.69. The molecule has 0 saturated carbocycles. The van der Waals surface area contributed by atoms with Crippen LogP contribution in [0.2, 0.25) is 0 Å². The van der Waals surface area contributed by atoms with Gasteiger partial charge in [-0.3, -0.25) is 9.59 Å². The lowest BCUT2D eigenvalue weighted by atomic mass is 10.1. The van der Waals surface area contributed by atoms with Gasteiger partial charge in [-0.1, -0.05) is 24.3 Å². The highest BCUT2D eigenvalue weighted by atomic mass is 16.5. The van der Waals surface area contributed by atoms with Crippen molar-refractivity contribution in [3.63, 3.8) is 0 Å². The number of rotatable bonds is 8. The third-order valence-corrected chi connectivity index (χ3v) is 4.47. The number of benzene rings is 2. The summed E-state index contributed by atoms with van der Waals surface area (Å²) >= 11 is 0. The van der Waals surface area contributed by atoms with Crippen LogP contribution in [0.25, 0.3) is 6.08 Å². The second-order valence-corrected chi connectivity index (χ2v) is 7.42. The summed E-state index contributed by atoms with van der Waals surface area (Å²) < 4.78 is 11.1. The SMILES string of the molecule is COc1cc(C=CC(=O)N(C)CC(=O)Nc2c(C)cccc2C)ccc1OC(C)C. The van der Waals surface area contributed by atoms with E-state index in [-0.39, 0.29) is 24.5 Å². The zero-order valence-corrected chi connectivity index (χ0v) is 18.5. The highest BCUT2D eigenvalue weighted by Gasteiger charge is 2.13. The molecular weight excluding hydrogens is 380 g/mol. The molecule has 0 aliphatic heterocycles. The Kier molecular flexibility index (Phi) is 8.04. The number of nitrogens with one attached hydrogen (secondary N) is 1. The van der Waals surface area contributed by atoms with E-state index in [9.17, 15) is 9.59 Å². The third-order valence-electron chi connectivity index (χ3n) is 4.47. The van der Waals surface area contributed by atoms with Crippen molar-refractivity contribution in [2.75, 3.05) is 26.0 Å². The van der Waals surface area contributed by atoms with Gasteiger partial charge in [0.25, 0.3) is 0 Å². The van der Waals surface area contributed by atoms with Gasteiger partial charge in [0.1, 0.15) is 0 Å². The average molecular weight is 411 g/mol. The molecule has 0 bridgehead atoms. The largest absolute Gasteiger partial charge is 0.493 e. The van der Waals surface area contributed by atoms with Gasteiger partial charge >= 0.3 is 0 Å². The van der Waals surface area contributed by atoms with Crippen LogP contribution in [0, 0.1) is 13.8 Å². The fraction of sp³-hybridized carbons (Fsp3) is 0.333. The Morgan fingerprint density at radius 3 is 2.37 bits per heavy atom. The van der Waals surface area contributed by atoms with Crippen LogP contribution in [-0.2, 0) is 9.59 Å². The normalized spacial score (nSPS) is 10.9. The van der Waals surface area contributed by atoms with Gasteiger partial charge in [0.2, 0.25) is 11.8 Å². The van der Waals surface area contributed by atoms with Crippen LogP contribution >= 0.6 is 0 Å². The first-order valence-electron chi connectivity index (χ1n) is 9.85. The molecule has 0 saturated heterocycles. The molecule has 0 aromatic heterocycles. The lowest BCUT2D eigenvalue weighted by molar-refractivity contribution is -0.129. The van der Waals surface area contributed by atoms with Crippen LogP contribution in [0.15, 0.2) is 42.5 Å². The van der Waals surface area contributed by atoms with Crippen molar-refractivity contribution >= 4 is 23.6 Å². The Bertz CT molecular complexity index is 915. The number of hydrogen-bond acceptors (Lipinski definition) is 4. The van der Waals surface area contributed by atoms with Crippen LogP contribution in [0.4, 0.5) is 5.69 Å². The van der Waals surface area contributed by atoms with Crippen LogP contribution in [0.1, 0.15) is 30.5 Å². The predicted octanol–water partition coefficient (Wildman–Crippen LogP) is 4.21.